The molecular formula is C22H31FN2O5. The number of likely N-dealkylation sites (tertiary alicyclic amines) is 1. The van der Waals surface area contributed by atoms with E-state index < -0.39 is 29.5 Å². The normalized spacial score (nSPS) is 18.6. The molecule has 1 aliphatic heterocycles. The quantitative estimate of drug-likeness (QED) is 0.683. The van der Waals surface area contributed by atoms with Gasteiger partial charge in [-0.3, -0.25) is 9.59 Å². The summed E-state index contributed by atoms with van der Waals surface area (Å²) in [5.41, 5.74) is -0.296. The van der Waals surface area contributed by atoms with Crippen molar-refractivity contribution < 1.29 is 28.2 Å². The third-order valence-electron chi connectivity index (χ3n) is 5.07. The van der Waals surface area contributed by atoms with Crippen molar-refractivity contribution in [3.05, 3.63) is 35.6 Å². The van der Waals surface area contributed by atoms with Gasteiger partial charge in [0.25, 0.3) is 0 Å². The van der Waals surface area contributed by atoms with Crippen LogP contribution in [0.25, 0.3) is 0 Å². The third kappa shape index (κ3) is 6.26. The minimum atomic E-state index is -0.615. The molecule has 1 aromatic rings. The molecule has 1 N–H and O–H groups in total. The van der Waals surface area contributed by atoms with E-state index in [1.807, 2.05) is 0 Å². The van der Waals surface area contributed by atoms with Crippen LogP contribution in [0.5, 0.6) is 0 Å². The van der Waals surface area contributed by atoms with Gasteiger partial charge in [-0.05, 0) is 57.9 Å². The number of rotatable bonds is 7. The molecule has 1 aromatic carbocycles. The maximum absolute atomic E-state index is 13.0. The van der Waals surface area contributed by atoms with Gasteiger partial charge in [0, 0.05) is 19.2 Å². The zero-order valence-electron chi connectivity index (χ0n) is 18.2. The largest absolute Gasteiger partial charge is 0.444 e. The maximum atomic E-state index is 13.0. The Morgan fingerprint density at radius 3 is 2.43 bits per heavy atom. The summed E-state index contributed by atoms with van der Waals surface area (Å²) in [5.74, 6) is -1.70. The zero-order chi connectivity index (χ0) is 22.5. The molecule has 1 aliphatic rings. The lowest BCUT2D eigenvalue weighted by molar-refractivity contribution is -0.130. The van der Waals surface area contributed by atoms with Crippen molar-refractivity contribution in [2.24, 2.45) is 5.92 Å². The molecule has 0 radical (unpaired) electrons. The van der Waals surface area contributed by atoms with Crippen LogP contribution in [0.2, 0.25) is 0 Å². The SMILES string of the molecule is COC(C(C)C(=O)NCC(=O)c1ccc(F)cc1)C1CCCN1C(=O)OC(C)(C)C. The molecule has 8 heteroatoms. The lowest BCUT2D eigenvalue weighted by Gasteiger charge is -2.34. The van der Waals surface area contributed by atoms with Crippen LogP contribution in [-0.4, -0.2) is 60.6 Å². The Balaban J connectivity index is 1.99. The van der Waals surface area contributed by atoms with Crippen LogP contribution in [0.15, 0.2) is 24.3 Å². The van der Waals surface area contributed by atoms with Crippen molar-refractivity contribution in [2.75, 3.05) is 20.2 Å². The number of Topliss-reactive ketones (excluding diaryl/α,β-unsaturated/α-hetero) is 1. The third-order valence-corrected chi connectivity index (χ3v) is 5.07. The summed E-state index contributed by atoms with van der Waals surface area (Å²) < 4.78 is 24.1. The van der Waals surface area contributed by atoms with E-state index in [0.717, 1.165) is 6.42 Å². The molecule has 0 aromatic heterocycles. The molecular weight excluding hydrogens is 391 g/mol. The number of carbonyl (C=O) groups excluding carboxylic acids is 3. The van der Waals surface area contributed by atoms with Gasteiger partial charge in [-0.1, -0.05) is 6.92 Å². The van der Waals surface area contributed by atoms with Crippen LogP contribution in [0.4, 0.5) is 9.18 Å². The Labute approximate surface area is 176 Å². The molecule has 1 fully saturated rings. The van der Waals surface area contributed by atoms with Gasteiger partial charge in [-0.15, -0.1) is 0 Å². The molecule has 0 aliphatic carbocycles. The number of hydrogen-bond donors (Lipinski definition) is 1. The van der Waals surface area contributed by atoms with E-state index in [4.69, 9.17) is 9.47 Å². The van der Waals surface area contributed by atoms with Gasteiger partial charge >= 0.3 is 6.09 Å². The van der Waals surface area contributed by atoms with Crippen molar-refractivity contribution in [1.82, 2.24) is 10.2 Å². The predicted molar refractivity (Wildman–Crippen MR) is 110 cm³/mol. The topological polar surface area (TPSA) is 84.9 Å². The average Bonchev–Trinajstić information content (AvgIpc) is 3.15. The highest BCUT2D eigenvalue weighted by Crippen LogP contribution is 2.28. The lowest BCUT2D eigenvalue weighted by atomic mass is 9.95. The first-order valence-electron chi connectivity index (χ1n) is 10.1. The number of halogens is 1. The molecule has 7 nitrogen and oxygen atoms in total. The molecule has 1 saturated heterocycles. The molecule has 0 spiro atoms. The summed E-state index contributed by atoms with van der Waals surface area (Å²) in [6, 6.07) is 4.86. The number of amides is 2. The average molecular weight is 422 g/mol. The van der Waals surface area contributed by atoms with Crippen LogP contribution in [0.1, 0.15) is 50.9 Å². The van der Waals surface area contributed by atoms with Crippen molar-refractivity contribution in [3.8, 4) is 0 Å². The Morgan fingerprint density at radius 2 is 1.87 bits per heavy atom. The van der Waals surface area contributed by atoms with Gasteiger partial charge < -0.3 is 19.7 Å². The minimum absolute atomic E-state index is 0.203. The number of nitrogens with zero attached hydrogens (tertiary/aromatic N) is 1. The highest BCUT2D eigenvalue weighted by molar-refractivity contribution is 5.99. The van der Waals surface area contributed by atoms with Crippen LogP contribution in [0.3, 0.4) is 0 Å². The summed E-state index contributed by atoms with van der Waals surface area (Å²) >= 11 is 0. The lowest BCUT2D eigenvalue weighted by Crippen LogP contribution is -2.51. The van der Waals surface area contributed by atoms with Crippen molar-refractivity contribution in [3.63, 3.8) is 0 Å². The van der Waals surface area contributed by atoms with Gasteiger partial charge in [0.2, 0.25) is 5.91 Å². The van der Waals surface area contributed by atoms with Crippen LogP contribution < -0.4 is 5.32 Å². The monoisotopic (exact) mass is 422 g/mol. The molecule has 2 amide bonds. The van der Waals surface area contributed by atoms with Gasteiger partial charge in [0.05, 0.1) is 24.6 Å². The van der Waals surface area contributed by atoms with Crippen molar-refractivity contribution >= 4 is 17.8 Å². The van der Waals surface area contributed by atoms with Gasteiger partial charge in [-0.2, -0.15) is 0 Å². The van der Waals surface area contributed by atoms with E-state index in [-0.39, 0.29) is 24.3 Å². The molecule has 30 heavy (non-hydrogen) atoms. The second-order valence-corrected chi connectivity index (χ2v) is 8.52. The number of ketones is 1. The fourth-order valence-corrected chi connectivity index (χ4v) is 3.59. The van der Waals surface area contributed by atoms with Crippen LogP contribution in [-0.2, 0) is 14.3 Å². The first kappa shape index (κ1) is 23.8. The molecule has 2 rings (SSSR count). The van der Waals surface area contributed by atoms with E-state index in [1.165, 1.54) is 31.4 Å². The summed E-state index contributed by atoms with van der Waals surface area (Å²) in [6.07, 6.45) is 0.525. The smallest absolute Gasteiger partial charge is 0.410 e. The van der Waals surface area contributed by atoms with Crippen molar-refractivity contribution in [2.45, 2.75) is 58.3 Å². The fraction of sp³-hybridized carbons (Fsp3) is 0.591. The van der Waals surface area contributed by atoms with Crippen molar-refractivity contribution in [1.29, 1.82) is 0 Å². The number of benzene rings is 1. The summed E-state index contributed by atoms with van der Waals surface area (Å²) in [5, 5.41) is 2.62. The number of methoxy groups -OCH3 is 1. The Bertz CT molecular complexity index is 760. The Hall–Kier alpha value is -2.48. The second-order valence-electron chi connectivity index (χ2n) is 8.52. The number of ether oxygens (including phenoxy) is 2. The highest BCUT2D eigenvalue weighted by Gasteiger charge is 2.41. The van der Waals surface area contributed by atoms with E-state index in [0.29, 0.717) is 18.5 Å². The van der Waals surface area contributed by atoms with Gasteiger partial charge in [-0.25, -0.2) is 9.18 Å². The molecule has 3 atom stereocenters. The predicted octanol–water partition coefficient (Wildman–Crippen LogP) is 3.18. The summed E-state index contributed by atoms with van der Waals surface area (Å²) in [7, 11) is 1.50. The van der Waals surface area contributed by atoms with E-state index in [9.17, 15) is 18.8 Å². The number of hydrogen-bond acceptors (Lipinski definition) is 5. The molecule has 3 unspecified atom stereocenters. The minimum Gasteiger partial charge on any atom is -0.444 e. The van der Waals surface area contributed by atoms with E-state index in [1.54, 1.807) is 32.6 Å². The summed E-state index contributed by atoms with van der Waals surface area (Å²) in [4.78, 5) is 39.0. The molecule has 1 heterocycles. The van der Waals surface area contributed by atoms with Crippen LogP contribution >= 0.6 is 0 Å². The van der Waals surface area contributed by atoms with Gasteiger partial charge in [0.1, 0.15) is 11.4 Å². The summed E-state index contributed by atoms with van der Waals surface area (Å²) in [6.45, 7) is 7.45. The first-order valence-corrected chi connectivity index (χ1v) is 10.1. The van der Waals surface area contributed by atoms with Gasteiger partial charge in [0.15, 0.2) is 5.78 Å². The molecule has 0 saturated carbocycles. The Morgan fingerprint density at radius 1 is 1.23 bits per heavy atom. The molecule has 0 bridgehead atoms. The second kappa shape index (κ2) is 10.0. The van der Waals surface area contributed by atoms with E-state index >= 15 is 0 Å². The zero-order valence-corrected chi connectivity index (χ0v) is 18.2. The number of carbonyl (C=O) groups is 3. The number of nitrogens with one attached hydrogen (secondary N) is 1. The Kier molecular flexibility index (Phi) is 7.95. The molecule has 166 valence electrons. The first-order chi connectivity index (χ1) is 14.0. The highest BCUT2D eigenvalue weighted by atomic mass is 19.1. The fourth-order valence-electron chi connectivity index (χ4n) is 3.59. The maximum Gasteiger partial charge on any atom is 0.410 e. The van der Waals surface area contributed by atoms with E-state index in [2.05, 4.69) is 5.32 Å². The van der Waals surface area contributed by atoms with Crippen LogP contribution in [0, 0.1) is 11.7 Å². The standard InChI is InChI=1S/C22H31FN2O5/c1-14(20(27)24-13-18(26)15-8-10-16(23)11-9-15)19(29-5)17-7-6-12-25(17)21(28)30-22(2,3)4/h8-11,14,17,19H,6-7,12-13H2,1-5H3,(H,24,27).